The van der Waals surface area contributed by atoms with Crippen LogP contribution in [0.25, 0.3) is 0 Å². The summed E-state index contributed by atoms with van der Waals surface area (Å²) in [7, 11) is 0. The zero-order chi connectivity index (χ0) is 15.6. The van der Waals surface area contributed by atoms with E-state index in [-0.39, 0.29) is 17.2 Å². The van der Waals surface area contributed by atoms with Crippen LogP contribution in [0.3, 0.4) is 0 Å². The van der Waals surface area contributed by atoms with E-state index in [9.17, 15) is 9.59 Å². The summed E-state index contributed by atoms with van der Waals surface area (Å²) in [4.78, 5) is 25.4. The molecule has 2 rings (SSSR count). The minimum Gasteiger partial charge on any atom is -0.326 e. The summed E-state index contributed by atoms with van der Waals surface area (Å²) in [5.74, 6) is 0.0992. The Morgan fingerprint density at radius 1 is 1.29 bits per heavy atom. The number of hydrogen-bond donors (Lipinski definition) is 1. The zero-order valence-corrected chi connectivity index (χ0v) is 13.3. The van der Waals surface area contributed by atoms with E-state index in [0.29, 0.717) is 6.42 Å². The Balaban J connectivity index is 2.14. The molecule has 4 heteroatoms. The molecule has 1 aromatic rings. The Hall–Kier alpha value is -1.84. The van der Waals surface area contributed by atoms with Gasteiger partial charge in [-0.25, -0.2) is 0 Å². The topological polar surface area (TPSA) is 49.4 Å². The first-order valence-corrected chi connectivity index (χ1v) is 7.47. The molecule has 0 aliphatic carbocycles. The van der Waals surface area contributed by atoms with E-state index in [1.54, 1.807) is 11.8 Å². The Kier molecular flexibility index (Phi) is 4.35. The molecule has 2 amide bonds. The smallest absolute Gasteiger partial charge is 0.224 e. The van der Waals surface area contributed by atoms with Crippen molar-refractivity contribution in [3.63, 3.8) is 0 Å². The second-order valence-corrected chi connectivity index (χ2v) is 6.90. The Labute approximate surface area is 126 Å². The first-order chi connectivity index (χ1) is 9.76. The maximum atomic E-state index is 12.0. The summed E-state index contributed by atoms with van der Waals surface area (Å²) in [5.41, 5.74) is 2.89. The van der Waals surface area contributed by atoms with Crippen LogP contribution in [0.4, 0.5) is 11.4 Å². The van der Waals surface area contributed by atoms with Crippen molar-refractivity contribution in [1.82, 2.24) is 0 Å². The van der Waals surface area contributed by atoms with E-state index in [0.717, 1.165) is 36.3 Å². The van der Waals surface area contributed by atoms with Crippen molar-refractivity contribution in [2.24, 2.45) is 5.41 Å². The van der Waals surface area contributed by atoms with E-state index in [1.807, 2.05) is 39.0 Å². The van der Waals surface area contributed by atoms with E-state index < -0.39 is 0 Å². The molecule has 0 saturated heterocycles. The van der Waals surface area contributed by atoms with Gasteiger partial charge in [-0.2, -0.15) is 0 Å². The van der Waals surface area contributed by atoms with Gasteiger partial charge in [-0.3, -0.25) is 9.59 Å². The number of hydrogen-bond acceptors (Lipinski definition) is 2. The summed E-state index contributed by atoms with van der Waals surface area (Å²) >= 11 is 0. The highest BCUT2D eigenvalue weighted by atomic mass is 16.2. The fourth-order valence-corrected chi connectivity index (χ4v) is 2.69. The Morgan fingerprint density at radius 2 is 2.00 bits per heavy atom. The fourth-order valence-electron chi connectivity index (χ4n) is 2.69. The maximum absolute atomic E-state index is 12.0. The second kappa shape index (κ2) is 5.88. The number of rotatable bonds is 2. The van der Waals surface area contributed by atoms with Gasteiger partial charge in [0.25, 0.3) is 0 Å². The molecule has 1 N–H and O–H groups in total. The normalized spacial score (nSPS) is 14.6. The van der Waals surface area contributed by atoms with Crippen LogP contribution in [-0.4, -0.2) is 18.4 Å². The van der Waals surface area contributed by atoms with Crippen LogP contribution in [0.1, 0.15) is 46.1 Å². The largest absolute Gasteiger partial charge is 0.326 e. The number of nitrogens with one attached hydrogen (secondary N) is 1. The molecule has 1 aliphatic heterocycles. The number of fused-ring (bicyclic) bond motifs is 1. The molecule has 0 saturated carbocycles. The minimum atomic E-state index is -0.0241. The third-order valence-electron chi connectivity index (χ3n) is 3.55. The van der Waals surface area contributed by atoms with Crippen molar-refractivity contribution < 1.29 is 9.59 Å². The van der Waals surface area contributed by atoms with Crippen molar-refractivity contribution >= 4 is 23.2 Å². The van der Waals surface area contributed by atoms with Crippen molar-refractivity contribution in [3.8, 4) is 0 Å². The minimum absolute atomic E-state index is 0.0241. The quantitative estimate of drug-likeness (QED) is 0.907. The van der Waals surface area contributed by atoms with Crippen LogP contribution in [0.5, 0.6) is 0 Å². The third-order valence-corrected chi connectivity index (χ3v) is 3.55. The molecule has 4 nitrogen and oxygen atoms in total. The van der Waals surface area contributed by atoms with Crippen molar-refractivity contribution in [2.75, 3.05) is 16.8 Å². The number of amides is 2. The molecule has 21 heavy (non-hydrogen) atoms. The predicted molar refractivity (Wildman–Crippen MR) is 85.5 cm³/mol. The van der Waals surface area contributed by atoms with E-state index in [1.165, 1.54) is 0 Å². The SMILES string of the molecule is CC(=O)N1CCCc2cc(NC(=O)CC(C)(C)C)ccc21. The van der Waals surface area contributed by atoms with Crippen LogP contribution in [0.15, 0.2) is 18.2 Å². The van der Waals surface area contributed by atoms with Gasteiger partial charge in [0.15, 0.2) is 0 Å². The molecule has 1 heterocycles. The monoisotopic (exact) mass is 288 g/mol. The fraction of sp³-hybridized carbons (Fsp3) is 0.529. The predicted octanol–water partition coefficient (Wildman–Crippen LogP) is 3.36. The van der Waals surface area contributed by atoms with Gasteiger partial charge in [0.1, 0.15) is 0 Å². The molecular formula is C17H24N2O2. The van der Waals surface area contributed by atoms with Crippen LogP contribution in [0.2, 0.25) is 0 Å². The Morgan fingerprint density at radius 3 is 2.62 bits per heavy atom. The molecule has 0 aromatic heterocycles. The molecule has 0 radical (unpaired) electrons. The molecule has 0 bridgehead atoms. The highest BCUT2D eigenvalue weighted by molar-refractivity contribution is 5.94. The highest BCUT2D eigenvalue weighted by Crippen LogP contribution is 2.30. The molecular weight excluding hydrogens is 264 g/mol. The molecule has 0 spiro atoms. The number of aryl methyl sites for hydroxylation is 1. The number of benzene rings is 1. The highest BCUT2D eigenvalue weighted by Gasteiger charge is 2.21. The van der Waals surface area contributed by atoms with E-state index in [2.05, 4.69) is 5.32 Å². The molecule has 114 valence electrons. The van der Waals surface area contributed by atoms with Gasteiger partial charge < -0.3 is 10.2 Å². The zero-order valence-electron chi connectivity index (χ0n) is 13.3. The molecule has 0 atom stereocenters. The third kappa shape index (κ3) is 4.06. The second-order valence-electron chi connectivity index (χ2n) is 6.90. The van der Waals surface area contributed by atoms with Crippen molar-refractivity contribution in [3.05, 3.63) is 23.8 Å². The lowest BCUT2D eigenvalue weighted by Crippen LogP contribution is -2.33. The van der Waals surface area contributed by atoms with Gasteiger partial charge in [-0.05, 0) is 42.0 Å². The van der Waals surface area contributed by atoms with Crippen LogP contribution in [0, 0.1) is 5.41 Å². The van der Waals surface area contributed by atoms with Gasteiger partial charge in [0.2, 0.25) is 11.8 Å². The van der Waals surface area contributed by atoms with E-state index in [4.69, 9.17) is 0 Å². The first-order valence-electron chi connectivity index (χ1n) is 7.47. The number of nitrogens with zero attached hydrogens (tertiary/aromatic N) is 1. The summed E-state index contributed by atoms with van der Waals surface area (Å²) in [6, 6.07) is 5.80. The molecule has 0 unspecified atom stereocenters. The van der Waals surface area contributed by atoms with Gasteiger partial charge >= 0.3 is 0 Å². The van der Waals surface area contributed by atoms with Crippen molar-refractivity contribution in [1.29, 1.82) is 0 Å². The standard InChI is InChI=1S/C17H24N2O2/c1-12(20)19-9-5-6-13-10-14(7-8-15(13)19)18-16(21)11-17(2,3)4/h7-8,10H,5-6,9,11H2,1-4H3,(H,18,21). The summed E-state index contributed by atoms with van der Waals surface area (Å²) < 4.78 is 0. The van der Waals surface area contributed by atoms with Crippen molar-refractivity contribution in [2.45, 2.75) is 47.0 Å². The lowest BCUT2D eigenvalue weighted by Gasteiger charge is -2.29. The van der Waals surface area contributed by atoms with Crippen LogP contribution >= 0.6 is 0 Å². The van der Waals surface area contributed by atoms with Crippen LogP contribution < -0.4 is 10.2 Å². The first kappa shape index (κ1) is 15.5. The number of anilines is 2. The Bertz CT molecular complexity index is 558. The van der Waals surface area contributed by atoms with Gasteiger partial charge in [-0.1, -0.05) is 20.8 Å². The summed E-state index contributed by atoms with van der Waals surface area (Å²) in [6.07, 6.45) is 2.40. The number of carbonyl (C=O) groups is 2. The van der Waals surface area contributed by atoms with E-state index >= 15 is 0 Å². The van der Waals surface area contributed by atoms with Gasteiger partial charge in [0.05, 0.1) is 0 Å². The molecule has 1 aliphatic rings. The summed E-state index contributed by atoms with van der Waals surface area (Å²) in [5, 5.41) is 2.95. The maximum Gasteiger partial charge on any atom is 0.224 e. The average molecular weight is 288 g/mol. The number of carbonyl (C=O) groups excluding carboxylic acids is 2. The van der Waals surface area contributed by atoms with Crippen LogP contribution in [-0.2, 0) is 16.0 Å². The summed E-state index contributed by atoms with van der Waals surface area (Å²) in [6.45, 7) is 8.50. The van der Waals surface area contributed by atoms with Gasteiger partial charge in [-0.15, -0.1) is 0 Å². The lowest BCUT2D eigenvalue weighted by molar-refractivity contribution is -0.118. The molecule has 1 aromatic carbocycles. The average Bonchev–Trinajstić information content (AvgIpc) is 2.35. The lowest BCUT2D eigenvalue weighted by atomic mass is 9.92. The van der Waals surface area contributed by atoms with Gasteiger partial charge in [0, 0.05) is 31.3 Å². The molecule has 0 fully saturated rings.